The van der Waals surface area contributed by atoms with E-state index in [2.05, 4.69) is 30.2 Å². The van der Waals surface area contributed by atoms with Crippen LogP contribution in [0.25, 0.3) is 10.9 Å². The summed E-state index contributed by atoms with van der Waals surface area (Å²) in [6.07, 6.45) is 7.22. The van der Waals surface area contributed by atoms with E-state index in [4.69, 9.17) is 11.6 Å². The highest BCUT2D eigenvalue weighted by Gasteiger charge is 2.22. The molecule has 1 heterocycles. The molecular weight excluding hydrogens is 268 g/mol. The van der Waals surface area contributed by atoms with Crippen LogP contribution in [0, 0.1) is 12.8 Å². The lowest BCUT2D eigenvalue weighted by atomic mass is 9.99. The summed E-state index contributed by atoms with van der Waals surface area (Å²) in [5.74, 6) is 0.763. The fourth-order valence-corrected chi connectivity index (χ4v) is 3.65. The molecule has 2 nitrogen and oxygen atoms in total. The minimum Gasteiger partial charge on any atom is -0.381 e. The van der Waals surface area contributed by atoms with Crippen molar-refractivity contribution in [3.05, 3.63) is 35.0 Å². The van der Waals surface area contributed by atoms with Crippen LogP contribution < -0.4 is 5.32 Å². The zero-order valence-electron chi connectivity index (χ0n) is 12.1. The third-order valence-corrected chi connectivity index (χ3v) is 4.81. The van der Waals surface area contributed by atoms with Gasteiger partial charge in [0.1, 0.15) is 0 Å². The van der Waals surface area contributed by atoms with Gasteiger partial charge in [-0.3, -0.25) is 4.98 Å². The van der Waals surface area contributed by atoms with Gasteiger partial charge in [-0.25, -0.2) is 0 Å². The molecule has 106 valence electrons. The summed E-state index contributed by atoms with van der Waals surface area (Å²) >= 11 is 6.47. The summed E-state index contributed by atoms with van der Waals surface area (Å²) in [5.41, 5.74) is 3.21. The van der Waals surface area contributed by atoms with Crippen molar-refractivity contribution < 1.29 is 0 Å². The highest BCUT2D eigenvalue weighted by Crippen LogP contribution is 2.35. The number of benzene rings is 1. The molecule has 1 aliphatic carbocycles. The fourth-order valence-electron chi connectivity index (χ4n) is 3.33. The maximum Gasteiger partial charge on any atom is 0.0752 e. The third-order valence-electron chi connectivity index (χ3n) is 4.51. The summed E-state index contributed by atoms with van der Waals surface area (Å²) < 4.78 is 0. The normalized spacial score (nSPS) is 17.6. The quantitative estimate of drug-likeness (QED) is 0.841. The fraction of sp³-hybridized carbons (Fsp3) is 0.471. The Labute approximate surface area is 125 Å². The van der Waals surface area contributed by atoms with Crippen LogP contribution in [0.1, 0.15) is 38.2 Å². The molecule has 1 N–H and O–H groups in total. The summed E-state index contributed by atoms with van der Waals surface area (Å²) in [4.78, 5) is 4.49. The summed E-state index contributed by atoms with van der Waals surface area (Å²) in [6, 6.07) is 6.55. The SMILES string of the molecule is Cc1cc(Cl)c(NC(C)C2CCCC2)c2cccnc12. The molecule has 1 fully saturated rings. The van der Waals surface area contributed by atoms with Crippen LogP contribution in [0.15, 0.2) is 24.4 Å². The summed E-state index contributed by atoms with van der Waals surface area (Å²) in [5, 5.41) is 5.58. The van der Waals surface area contributed by atoms with Gasteiger partial charge in [0.05, 0.1) is 16.2 Å². The first-order valence-corrected chi connectivity index (χ1v) is 7.85. The molecule has 0 radical (unpaired) electrons. The first-order chi connectivity index (χ1) is 9.66. The van der Waals surface area contributed by atoms with E-state index < -0.39 is 0 Å². The highest BCUT2D eigenvalue weighted by atomic mass is 35.5. The second kappa shape index (κ2) is 5.61. The molecule has 20 heavy (non-hydrogen) atoms. The number of aromatic nitrogens is 1. The van der Waals surface area contributed by atoms with Gasteiger partial charge in [0, 0.05) is 17.6 Å². The Hall–Kier alpha value is -1.28. The number of aryl methyl sites for hydroxylation is 1. The monoisotopic (exact) mass is 288 g/mol. The molecule has 2 aromatic rings. The minimum absolute atomic E-state index is 0.459. The van der Waals surface area contributed by atoms with Crippen LogP contribution in [0.4, 0.5) is 5.69 Å². The van der Waals surface area contributed by atoms with E-state index in [-0.39, 0.29) is 0 Å². The van der Waals surface area contributed by atoms with E-state index >= 15 is 0 Å². The molecule has 1 saturated carbocycles. The summed E-state index contributed by atoms with van der Waals surface area (Å²) in [7, 11) is 0. The Morgan fingerprint density at radius 2 is 2.10 bits per heavy atom. The maximum atomic E-state index is 6.47. The molecule has 1 aromatic carbocycles. The van der Waals surface area contributed by atoms with Gasteiger partial charge >= 0.3 is 0 Å². The lowest BCUT2D eigenvalue weighted by Gasteiger charge is -2.23. The molecule has 0 spiro atoms. The molecule has 1 unspecified atom stereocenters. The summed E-state index contributed by atoms with van der Waals surface area (Å²) in [6.45, 7) is 4.33. The zero-order valence-corrected chi connectivity index (χ0v) is 12.9. The molecule has 0 amide bonds. The van der Waals surface area contributed by atoms with E-state index in [1.165, 1.54) is 25.7 Å². The van der Waals surface area contributed by atoms with Gasteiger partial charge in [-0.2, -0.15) is 0 Å². The van der Waals surface area contributed by atoms with Crippen LogP contribution in [-0.4, -0.2) is 11.0 Å². The number of nitrogens with one attached hydrogen (secondary N) is 1. The van der Waals surface area contributed by atoms with Gasteiger partial charge in [-0.05, 0) is 56.4 Å². The highest BCUT2D eigenvalue weighted by molar-refractivity contribution is 6.35. The number of rotatable bonds is 3. The molecule has 3 rings (SSSR count). The Morgan fingerprint density at radius 3 is 2.85 bits per heavy atom. The molecule has 0 aliphatic heterocycles. The number of nitrogens with zero attached hydrogens (tertiary/aromatic N) is 1. The maximum absolute atomic E-state index is 6.47. The number of anilines is 1. The number of halogens is 1. The predicted molar refractivity (Wildman–Crippen MR) is 86.5 cm³/mol. The molecule has 0 bridgehead atoms. The van der Waals surface area contributed by atoms with E-state index in [0.717, 1.165) is 33.1 Å². The number of fused-ring (bicyclic) bond motifs is 1. The van der Waals surface area contributed by atoms with Crippen LogP contribution in [0.5, 0.6) is 0 Å². The van der Waals surface area contributed by atoms with Crippen LogP contribution in [0.3, 0.4) is 0 Å². The van der Waals surface area contributed by atoms with E-state index in [1.807, 2.05) is 18.3 Å². The zero-order chi connectivity index (χ0) is 14.1. The Morgan fingerprint density at radius 1 is 1.35 bits per heavy atom. The molecule has 0 saturated heterocycles. The second-order valence-corrected chi connectivity index (χ2v) is 6.33. The molecule has 3 heteroatoms. The second-order valence-electron chi connectivity index (χ2n) is 5.93. The smallest absolute Gasteiger partial charge is 0.0752 e. The van der Waals surface area contributed by atoms with Crippen LogP contribution in [0.2, 0.25) is 5.02 Å². The van der Waals surface area contributed by atoms with Crippen molar-refractivity contribution in [3.63, 3.8) is 0 Å². The standard InChI is InChI=1S/C17H21ClN2/c1-11-10-15(18)17(14-8-5-9-19-16(11)14)20-12(2)13-6-3-4-7-13/h5,8-10,12-13,20H,3-4,6-7H2,1-2H3. The number of pyridine rings is 1. The van der Waals surface area contributed by atoms with Crippen LogP contribution in [-0.2, 0) is 0 Å². The van der Waals surface area contributed by atoms with E-state index in [9.17, 15) is 0 Å². The molecule has 1 atom stereocenters. The number of hydrogen-bond acceptors (Lipinski definition) is 2. The van der Waals surface area contributed by atoms with Crippen molar-refractivity contribution in [2.45, 2.75) is 45.6 Å². The van der Waals surface area contributed by atoms with Gasteiger partial charge in [0.2, 0.25) is 0 Å². The average molecular weight is 289 g/mol. The molecular formula is C17H21ClN2. The van der Waals surface area contributed by atoms with Gasteiger partial charge in [-0.15, -0.1) is 0 Å². The van der Waals surface area contributed by atoms with Gasteiger partial charge in [0.25, 0.3) is 0 Å². The largest absolute Gasteiger partial charge is 0.381 e. The topological polar surface area (TPSA) is 24.9 Å². The van der Waals surface area contributed by atoms with Gasteiger partial charge in [0.15, 0.2) is 0 Å². The van der Waals surface area contributed by atoms with Crippen molar-refractivity contribution in [1.29, 1.82) is 0 Å². The molecule has 1 aromatic heterocycles. The Kier molecular flexibility index (Phi) is 3.84. The predicted octanol–water partition coefficient (Wildman–Crippen LogP) is 5.19. The lowest BCUT2D eigenvalue weighted by molar-refractivity contribution is 0.482. The van der Waals surface area contributed by atoms with E-state index in [1.54, 1.807) is 0 Å². The Bertz CT molecular complexity index is 618. The van der Waals surface area contributed by atoms with Crippen molar-refractivity contribution >= 4 is 28.2 Å². The first-order valence-electron chi connectivity index (χ1n) is 7.47. The van der Waals surface area contributed by atoms with Crippen LogP contribution >= 0.6 is 11.6 Å². The van der Waals surface area contributed by atoms with Crippen molar-refractivity contribution in [3.8, 4) is 0 Å². The van der Waals surface area contributed by atoms with Crippen molar-refractivity contribution in [2.75, 3.05) is 5.32 Å². The van der Waals surface area contributed by atoms with Crippen molar-refractivity contribution in [1.82, 2.24) is 4.98 Å². The van der Waals surface area contributed by atoms with Crippen molar-refractivity contribution in [2.24, 2.45) is 5.92 Å². The first kappa shape index (κ1) is 13.7. The number of hydrogen-bond donors (Lipinski definition) is 1. The van der Waals surface area contributed by atoms with Gasteiger partial charge < -0.3 is 5.32 Å². The third kappa shape index (κ3) is 2.49. The van der Waals surface area contributed by atoms with Gasteiger partial charge in [-0.1, -0.05) is 24.4 Å². The molecule has 1 aliphatic rings. The minimum atomic E-state index is 0.459. The lowest BCUT2D eigenvalue weighted by Crippen LogP contribution is -2.24. The van der Waals surface area contributed by atoms with E-state index in [0.29, 0.717) is 6.04 Å². The Balaban J connectivity index is 1.98. The average Bonchev–Trinajstić information content (AvgIpc) is 2.97.